The summed E-state index contributed by atoms with van der Waals surface area (Å²) >= 11 is 9.96. The van der Waals surface area contributed by atoms with Crippen LogP contribution in [0.2, 0.25) is 0 Å². The van der Waals surface area contributed by atoms with Crippen molar-refractivity contribution in [3.05, 3.63) is 38.2 Å². The maximum Gasteiger partial charge on any atom is 0.335 e. The Kier molecular flexibility index (Phi) is 4.34. The van der Waals surface area contributed by atoms with Crippen LogP contribution >= 0.6 is 47.8 Å². The highest BCUT2D eigenvalue weighted by Crippen LogP contribution is 2.37. The molecule has 0 N–H and O–H groups in total. The number of carbonyl (C=O) groups excluding carboxylic acids is 1. The van der Waals surface area contributed by atoms with Gasteiger partial charge >= 0.3 is 5.97 Å². The van der Waals surface area contributed by atoms with E-state index >= 15 is 0 Å². The molecule has 0 heterocycles. The number of carbonyl (C=O) groups is 1. The normalized spacial score (nSPS) is 9.64. The molecule has 14 heavy (non-hydrogen) atoms. The Morgan fingerprint density at radius 2 is 1.93 bits per heavy atom. The number of halogens is 3. The summed E-state index contributed by atoms with van der Waals surface area (Å²) in [6, 6.07) is 3.46. The van der Waals surface area contributed by atoms with Crippen LogP contribution in [0, 0.1) is 0 Å². The molecule has 0 aliphatic rings. The Morgan fingerprint density at radius 3 is 2.50 bits per heavy atom. The van der Waals surface area contributed by atoms with Crippen LogP contribution in [0.3, 0.4) is 0 Å². The van der Waals surface area contributed by atoms with Crippen LogP contribution in [0.1, 0.15) is 0 Å². The molecule has 1 aromatic rings. The average molecular weight is 385 g/mol. The van der Waals surface area contributed by atoms with E-state index in [0.717, 1.165) is 15.0 Å². The van der Waals surface area contributed by atoms with Crippen molar-refractivity contribution in [1.82, 2.24) is 0 Å². The molecule has 2 nitrogen and oxygen atoms in total. The average Bonchev–Trinajstić information content (AvgIpc) is 2.19. The van der Waals surface area contributed by atoms with Gasteiger partial charge in [-0.3, -0.25) is 0 Å². The number of ether oxygens (including phenoxy) is 1. The van der Waals surface area contributed by atoms with Gasteiger partial charge in [0.15, 0.2) is 0 Å². The van der Waals surface area contributed by atoms with E-state index in [2.05, 4.69) is 54.4 Å². The van der Waals surface area contributed by atoms with Gasteiger partial charge in [-0.1, -0.05) is 6.58 Å². The van der Waals surface area contributed by atoms with E-state index in [1.165, 1.54) is 0 Å². The number of hydrogen-bond acceptors (Lipinski definition) is 2. The first-order valence-corrected chi connectivity index (χ1v) is 5.92. The lowest BCUT2D eigenvalue weighted by molar-refractivity contribution is -0.129. The molecule has 0 spiro atoms. The first kappa shape index (κ1) is 11.9. The van der Waals surface area contributed by atoms with Crippen molar-refractivity contribution in [2.24, 2.45) is 0 Å². The Balaban J connectivity index is 3.05. The summed E-state index contributed by atoms with van der Waals surface area (Å²) in [5.41, 5.74) is 0. The van der Waals surface area contributed by atoms with Crippen molar-refractivity contribution in [3.8, 4) is 5.75 Å². The van der Waals surface area contributed by atoms with Gasteiger partial charge in [0.05, 0.1) is 4.47 Å². The zero-order valence-electron chi connectivity index (χ0n) is 6.89. The second-order valence-corrected chi connectivity index (χ2v) is 4.74. The largest absolute Gasteiger partial charge is 0.422 e. The summed E-state index contributed by atoms with van der Waals surface area (Å²) in [7, 11) is 0. The van der Waals surface area contributed by atoms with Gasteiger partial charge in [0.2, 0.25) is 0 Å². The Labute approximate surface area is 107 Å². The smallest absolute Gasteiger partial charge is 0.335 e. The monoisotopic (exact) mass is 382 g/mol. The van der Waals surface area contributed by atoms with Crippen molar-refractivity contribution in [2.75, 3.05) is 0 Å². The Hall–Kier alpha value is -0.130. The summed E-state index contributed by atoms with van der Waals surface area (Å²) in [4.78, 5) is 10.9. The van der Waals surface area contributed by atoms with Crippen LogP contribution in [0.25, 0.3) is 0 Å². The van der Waals surface area contributed by atoms with E-state index in [-0.39, 0.29) is 0 Å². The van der Waals surface area contributed by atoms with E-state index in [4.69, 9.17) is 4.74 Å². The van der Waals surface area contributed by atoms with Gasteiger partial charge in [0.1, 0.15) is 5.75 Å². The molecule has 0 atom stereocenters. The van der Waals surface area contributed by atoms with E-state index in [1.807, 2.05) is 0 Å². The summed E-state index contributed by atoms with van der Waals surface area (Å²) < 4.78 is 7.33. The molecule has 0 aliphatic heterocycles. The highest BCUT2D eigenvalue weighted by Gasteiger charge is 2.10. The molecule has 0 radical (unpaired) electrons. The second kappa shape index (κ2) is 5.09. The Morgan fingerprint density at radius 1 is 1.29 bits per heavy atom. The van der Waals surface area contributed by atoms with Crippen LogP contribution in [0.5, 0.6) is 5.75 Å². The third-order valence-electron chi connectivity index (χ3n) is 1.38. The van der Waals surface area contributed by atoms with E-state index < -0.39 is 5.97 Å². The summed E-state index contributed by atoms with van der Waals surface area (Å²) in [6.45, 7) is 3.32. The standard InChI is InChI=1S/C9H5Br3O2/c1-2-7(13)14-6-4-3-5(10)8(11)9(6)12/h2-4H,1H2. The van der Waals surface area contributed by atoms with Crippen LogP contribution in [0.4, 0.5) is 0 Å². The second-order valence-electron chi connectivity index (χ2n) is 2.30. The molecule has 0 fully saturated rings. The molecule has 0 saturated heterocycles. The van der Waals surface area contributed by atoms with Crippen LogP contribution < -0.4 is 4.74 Å². The minimum absolute atomic E-state index is 0.449. The van der Waals surface area contributed by atoms with Crippen LogP contribution in [-0.2, 0) is 4.79 Å². The zero-order chi connectivity index (χ0) is 10.7. The highest BCUT2D eigenvalue weighted by molar-refractivity contribution is 9.14. The number of esters is 1. The minimum Gasteiger partial charge on any atom is -0.422 e. The SMILES string of the molecule is C=CC(=O)Oc1ccc(Br)c(Br)c1Br. The van der Waals surface area contributed by atoms with Gasteiger partial charge in [-0.2, -0.15) is 0 Å². The molecule has 1 aromatic carbocycles. The van der Waals surface area contributed by atoms with Crippen LogP contribution in [-0.4, -0.2) is 5.97 Å². The predicted molar refractivity (Wildman–Crippen MR) is 65.4 cm³/mol. The lowest BCUT2D eigenvalue weighted by Gasteiger charge is -2.06. The van der Waals surface area contributed by atoms with Crippen molar-refractivity contribution >= 4 is 53.8 Å². The van der Waals surface area contributed by atoms with Gasteiger partial charge in [-0.25, -0.2) is 4.79 Å². The van der Waals surface area contributed by atoms with Gasteiger partial charge in [-0.15, -0.1) is 0 Å². The fraction of sp³-hybridized carbons (Fsp3) is 0. The Bertz CT molecular complexity index is 388. The molecule has 74 valence electrons. The van der Waals surface area contributed by atoms with Gasteiger partial charge in [0, 0.05) is 15.0 Å². The molecular formula is C9H5Br3O2. The molecule has 0 unspecified atom stereocenters. The zero-order valence-corrected chi connectivity index (χ0v) is 11.6. The first-order chi connectivity index (χ1) is 6.56. The lowest BCUT2D eigenvalue weighted by Crippen LogP contribution is -2.03. The van der Waals surface area contributed by atoms with Gasteiger partial charge in [-0.05, 0) is 59.9 Å². The van der Waals surface area contributed by atoms with E-state index in [0.29, 0.717) is 10.2 Å². The van der Waals surface area contributed by atoms with Gasteiger partial charge in [0.25, 0.3) is 0 Å². The van der Waals surface area contributed by atoms with Crippen molar-refractivity contribution in [1.29, 1.82) is 0 Å². The molecule has 0 aromatic heterocycles. The van der Waals surface area contributed by atoms with Crippen molar-refractivity contribution in [3.63, 3.8) is 0 Å². The number of rotatable bonds is 2. The van der Waals surface area contributed by atoms with E-state index in [9.17, 15) is 4.79 Å². The first-order valence-electron chi connectivity index (χ1n) is 3.54. The fourth-order valence-corrected chi connectivity index (χ4v) is 2.09. The third kappa shape index (κ3) is 2.68. The molecular weight excluding hydrogens is 380 g/mol. The fourth-order valence-electron chi connectivity index (χ4n) is 0.737. The predicted octanol–water partition coefficient (Wildman–Crippen LogP) is 4.07. The van der Waals surface area contributed by atoms with Crippen molar-refractivity contribution in [2.45, 2.75) is 0 Å². The molecule has 0 aliphatic carbocycles. The van der Waals surface area contributed by atoms with Crippen LogP contribution in [0.15, 0.2) is 38.2 Å². The summed E-state index contributed by atoms with van der Waals surface area (Å²) in [6.07, 6.45) is 1.11. The maximum atomic E-state index is 10.9. The summed E-state index contributed by atoms with van der Waals surface area (Å²) in [5.74, 6) is -0.0371. The summed E-state index contributed by atoms with van der Waals surface area (Å²) in [5, 5.41) is 0. The highest BCUT2D eigenvalue weighted by atomic mass is 79.9. The number of benzene rings is 1. The topological polar surface area (TPSA) is 26.3 Å². The third-order valence-corrected chi connectivity index (χ3v) is 4.71. The lowest BCUT2D eigenvalue weighted by atomic mass is 10.3. The maximum absolute atomic E-state index is 10.9. The van der Waals surface area contributed by atoms with Crippen molar-refractivity contribution < 1.29 is 9.53 Å². The minimum atomic E-state index is -0.486. The number of hydrogen-bond donors (Lipinski definition) is 0. The van der Waals surface area contributed by atoms with Gasteiger partial charge < -0.3 is 4.74 Å². The molecule has 0 bridgehead atoms. The quantitative estimate of drug-likeness (QED) is 0.332. The van der Waals surface area contributed by atoms with E-state index in [1.54, 1.807) is 12.1 Å². The molecule has 0 saturated carbocycles. The molecule has 0 amide bonds. The molecule has 5 heteroatoms. The molecule has 1 rings (SSSR count).